The van der Waals surface area contributed by atoms with Crippen molar-refractivity contribution in [1.82, 2.24) is 9.80 Å². The Morgan fingerprint density at radius 3 is 2.61 bits per heavy atom. The molecule has 1 saturated heterocycles. The third-order valence-electron chi connectivity index (χ3n) is 4.79. The predicted octanol–water partition coefficient (Wildman–Crippen LogP) is 1.66. The molecule has 104 valence electrons. The van der Waals surface area contributed by atoms with Crippen LogP contribution in [0.2, 0.25) is 0 Å². The Balaban J connectivity index is 1.96. The summed E-state index contributed by atoms with van der Waals surface area (Å²) in [6.45, 7) is 2.97. The summed E-state index contributed by atoms with van der Waals surface area (Å²) in [5.41, 5.74) is -0.467. The molecule has 2 fully saturated rings. The molecule has 0 bridgehead atoms. The molecule has 2 rings (SSSR count). The monoisotopic (exact) mass is 254 g/mol. The fourth-order valence-corrected chi connectivity index (χ4v) is 3.60. The van der Waals surface area contributed by atoms with E-state index in [1.165, 1.54) is 19.4 Å². The third-order valence-corrected chi connectivity index (χ3v) is 4.79. The normalized spacial score (nSPS) is 28.7. The second-order valence-electron chi connectivity index (χ2n) is 6.27. The average molecular weight is 254 g/mol. The van der Waals surface area contributed by atoms with E-state index in [-0.39, 0.29) is 0 Å². The summed E-state index contributed by atoms with van der Waals surface area (Å²) in [5, 5.41) is 9.53. The van der Waals surface area contributed by atoms with E-state index in [0.29, 0.717) is 6.04 Å². The van der Waals surface area contributed by atoms with Crippen molar-refractivity contribution in [3.05, 3.63) is 0 Å². The first-order valence-electron chi connectivity index (χ1n) is 7.16. The van der Waals surface area contributed by atoms with Crippen LogP contribution in [0.5, 0.6) is 0 Å². The zero-order valence-electron chi connectivity index (χ0n) is 11.7. The third kappa shape index (κ3) is 2.86. The van der Waals surface area contributed by atoms with Crippen molar-refractivity contribution in [2.45, 2.75) is 44.6 Å². The van der Waals surface area contributed by atoms with Gasteiger partial charge in [0.25, 0.3) is 0 Å². The quantitative estimate of drug-likeness (QED) is 0.828. The topological polar surface area (TPSA) is 43.8 Å². The summed E-state index contributed by atoms with van der Waals surface area (Å²) in [6.07, 6.45) is 6.29. The summed E-state index contributed by atoms with van der Waals surface area (Å²) in [4.78, 5) is 16.2. The van der Waals surface area contributed by atoms with Crippen LogP contribution in [-0.2, 0) is 4.79 Å². The molecule has 4 heteroatoms. The maximum absolute atomic E-state index is 11.6. The molecule has 4 nitrogen and oxygen atoms in total. The fourth-order valence-electron chi connectivity index (χ4n) is 3.60. The lowest BCUT2D eigenvalue weighted by Gasteiger charge is -2.39. The SMILES string of the molecule is CN1CCCC(N(C)CC2(C(=O)O)CCCC2)C1. The number of likely N-dealkylation sites (tertiary alicyclic amines) is 1. The smallest absolute Gasteiger partial charge is 0.310 e. The van der Waals surface area contributed by atoms with Crippen LogP contribution < -0.4 is 0 Å². The molecule has 1 heterocycles. The minimum absolute atomic E-state index is 0.467. The highest BCUT2D eigenvalue weighted by Gasteiger charge is 2.43. The second-order valence-corrected chi connectivity index (χ2v) is 6.27. The van der Waals surface area contributed by atoms with Crippen LogP contribution in [0.3, 0.4) is 0 Å². The summed E-state index contributed by atoms with van der Waals surface area (Å²) in [5.74, 6) is -0.587. The van der Waals surface area contributed by atoms with E-state index in [9.17, 15) is 9.90 Å². The van der Waals surface area contributed by atoms with Gasteiger partial charge in [-0.2, -0.15) is 0 Å². The molecule has 1 aliphatic heterocycles. The molecule has 1 N–H and O–H groups in total. The average Bonchev–Trinajstić information content (AvgIpc) is 2.79. The highest BCUT2D eigenvalue weighted by molar-refractivity contribution is 5.75. The maximum Gasteiger partial charge on any atom is 0.310 e. The number of likely N-dealkylation sites (N-methyl/N-ethyl adjacent to an activating group) is 2. The first kappa shape index (κ1) is 13.8. The first-order chi connectivity index (χ1) is 8.53. The van der Waals surface area contributed by atoms with Gasteiger partial charge >= 0.3 is 5.97 Å². The number of carboxylic acid groups (broad SMARTS) is 1. The molecule has 0 aromatic heterocycles. The van der Waals surface area contributed by atoms with Gasteiger partial charge in [-0.3, -0.25) is 4.79 Å². The highest BCUT2D eigenvalue weighted by atomic mass is 16.4. The number of hydrogen-bond donors (Lipinski definition) is 1. The zero-order valence-corrected chi connectivity index (χ0v) is 11.7. The van der Waals surface area contributed by atoms with E-state index in [0.717, 1.165) is 38.8 Å². The van der Waals surface area contributed by atoms with E-state index in [4.69, 9.17) is 0 Å². The van der Waals surface area contributed by atoms with Crippen molar-refractivity contribution in [2.24, 2.45) is 5.41 Å². The molecule has 0 radical (unpaired) electrons. The van der Waals surface area contributed by atoms with Gasteiger partial charge < -0.3 is 14.9 Å². The van der Waals surface area contributed by atoms with Crippen LogP contribution in [0.4, 0.5) is 0 Å². The number of hydrogen-bond acceptors (Lipinski definition) is 3. The van der Waals surface area contributed by atoms with Crippen LogP contribution in [0.25, 0.3) is 0 Å². The predicted molar refractivity (Wildman–Crippen MR) is 71.7 cm³/mol. The molecular weight excluding hydrogens is 228 g/mol. The zero-order chi connectivity index (χ0) is 13.2. The van der Waals surface area contributed by atoms with Gasteiger partial charge in [-0.15, -0.1) is 0 Å². The Hall–Kier alpha value is -0.610. The van der Waals surface area contributed by atoms with Gasteiger partial charge in [0.2, 0.25) is 0 Å². The van der Waals surface area contributed by atoms with Gasteiger partial charge in [0, 0.05) is 19.1 Å². The Morgan fingerprint density at radius 1 is 1.39 bits per heavy atom. The molecule has 2 aliphatic rings. The molecule has 0 aromatic carbocycles. The molecule has 1 atom stereocenters. The van der Waals surface area contributed by atoms with Gasteiger partial charge in [0.05, 0.1) is 5.41 Å². The van der Waals surface area contributed by atoms with Crippen LogP contribution >= 0.6 is 0 Å². The first-order valence-corrected chi connectivity index (χ1v) is 7.16. The summed E-state index contributed by atoms with van der Waals surface area (Å²) in [7, 11) is 4.26. The molecule has 0 amide bonds. The van der Waals surface area contributed by atoms with Crippen LogP contribution in [0, 0.1) is 5.41 Å². The molecule has 18 heavy (non-hydrogen) atoms. The summed E-state index contributed by atoms with van der Waals surface area (Å²) < 4.78 is 0. The number of carboxylic acids is 1. The van der Waals surface area contributed by atoms with Gasteiger partial charge in [-0.05, 0) is 46.3 Å². The lowest BCUT2D eigenvalue weighted by molar-refractivity contribution is -0.150. The van der Waals surface area contributed by atoms with E-state index in [1.807, 2.05) is 0 Å². The van der Waals surface area contributed by atoms with Gasteiger partial charge in [0.1, 0.15) is 0 Å². The number of carbonyl (C=O) groups is 1. The van der Waals surface area contributed by atoms with Crippen molar-refractivity contribution in [3.8, 4) is 0 Å². The Labute approximate surface area is 110 Å². The van der Waals surface area contributed by atoms with E-state index >= 15 is 0 Å². The summed E-state index contributed by atoms with van der Waals surface area (Å²) in [6, 6.07) is 0.528. The Morgan fingerprint density at radius 2 is 2.06 bits per heavy atom. The van der Waals surface area contributed by atoms with Crippen molar-refractivity contribution >= 4 is 5.97 Å². The fraction of sp³-hybridized carbons (Fsp3) is 0.929. The van der Waals surface area contributed by atoms with Gasteiger partial charge in [0.15, 0.2) is 0 Å². The number of rotatable bonds is 4. The van der Waals surface area contributed by atoms with Crippen molar-refractivity contribution in [1.29, 1.82) is 0 Å². The minimum Gasteiger partial charge on any atom is -0.481 e. The van der Waals surface area contributed by atoms with Crippen molar-refractivity contribution < 1.29 is 9.90 Å². The molecular formula is C14H26N2O2. The molecule has 1 saturated carbocycles. The van der Waals surface area contributed by atoms with Gasteiger partial charge in [-0.1, -0.05) is 12.8 Å². The van der Waals surface area contributed by atoms with E-state index < -0.39 is 11.4 Å². The lowest BCUT2D eigenvalue weighted by Crippen LogP contribution is -2.49. The van der Waals surface area contributed by atoms with Crippen molar-refractivity contribution in [3.63, 3.8) is 0 Å². The molecule has 0 spiro atoms. The maximum atomic E-state index is 11.6. The lowest BCUT2D eigenvalue weighted by atomic mass is 9.85. The Kier molecular flexibility index (Phi) is 4.28. The van der Waals surface area contributed by atoms with Crippen molar-refractivity contribution in [2.75, 3.05) is 33.7 Å². The van der Waals surface area contributed by atoms with E-state index in [2.05, 4.69) is 23.9 Å². The highest BCUT2D eigenvalue weighted by Crippen LogP contribution is 2.39. The van der Waals surface area contributed by atoms with Crippen LogP contribution in [0.15, 0.2) is 0 Å². The second kappa shape index (κ2) is 5.57. The molecule has 0 aromatic rings. The largest absolute Gasteiger partial charge is 0.481 e. The van der Waals surface area contributed by atoms with Crippen LogP contribution in [-0.4, -0.2) is 60.6 Å². The number of nitrogens with zero attached hydrogens (tertiary/aromatic N) is 2. The molecule has 1 unspecified atom stereocenters. The number of piperidine rings is 1. The minimum atomic E-state index is -0.587. The molecule has 1 aliphatic carbocycles. The van der Waals surface area contributed by atoms with E-state index in [1.54, 1.807) is 0 Å². The Bertz CT molecular complexity index is 300. The standard InChI is InChI=1S/C14H26N2O2/c1-15-9-5-6-12(10-15)16(2)11-14(13(17)18)7-3-4-8-14/h12H,3-11H2,1-2H3,(H,17,18). The van der Waals surface area contributed by atoms with Gasteiger partial charge in [-0.25, -0.2) is 0 Å². The summed E-state index contributed by atoms with van der Waals surface area (Å²) >= 11 is 0. The van der Waals surface area contributed by atoms with Crippen LogP contribution in [0.1, 0.15) is 38.5 Å². The number of aliphatic carboxylic acids is 1.